The van der Waals surface area contributed by atoms with Crippen LogP contribution in [0.2, 0.25) is 0 Å². The normalized spacial score (nSPS) is 11.6. The summed E-state index contributed by atoms with van der Waals surface area (Å²) in [7, 11) is 0. The van der Waals surface area contributed by atoms with Crippen molar-refractivity contribution in [3.63, 3.8) is 0 Å². The van der Waals surface area contributed by atoms with Crippen LogP contribution in [0.25, 0.3) is 32.6 Å². The number of nitrogens with zero attached hydrogens (tertiary/aromatic N) is 1. The first-order valence-corrected chi connectivity index (χ1v) is 5.88. The molecule has 3 heteroatoms. The molecule has 0 unspecified atom stereocenters. The van der Waals surface area contributed by atoms with Gasteiger partial charge in [-0.3, -0.25) is 4.98 Å². The minimum atomic E-state index is 0.689. The lowest BCUT2D eigenvalue weighted by Crippen LogP contribution is -1.93. The average molecular weight is 233 g/mol. The van der Waals surface area contributed by atoms with Gasteiger partial charge in [0.1, 0.15) is 5.82 Å². The fraction of sp³-hybridized carbons (Fsp3) is 0. The maximum absolute atomic E-state index is 6.10. The van der Waals surface area contributed by atoms with Gasteiger partial charge in [0.25, 0.3) is 0 Å². The molecule has 0 saturated carbocycles. The van der Waals surface area contributed by atoms with Gasteiger partial charge in [-0.1, -0.05) is 36.4 Å². The van der Waals surface area contributed by atoms with Crippen LogP contribution in [-0.2, 0) is 0 Å². The van der Waals surface area contributed by atoms with Crippen LogP contribution in [0.5, 0.6) is 0 Å². The van der Waals surface area contributed by atoms with Crippen LogP contribution in [0.3, 0.4) is 0 Å². The van der Waals surface area contributed by atoms with Crippen molar-refractivity contribution in [2.75, 3.05) is 5.73 Å². The number of hydrogen-bond acceptors (Lipinski definition) is 2. The van der Waals surface area contributed by atoms with Crippen molar-refractivity contribution in [1.29, 1.82) is 0 Å². The van der Waals surface area contributed by atoms with Crippen LogP contribution in [-0.4, -0.2) is 9.97 Å². The molecule has 0 saturated heterocycles. The first kappa shape index (κ1) is 9.48. The summed E-state index contributed by atoms with van der Waals surface area (Å²) >= 11 is 0. The van der Waals surface area contributed by atoms with E-state index in [9.17, 15) is 0 Å². The summed E-state index contributed by atoms with van der Waals surface area (Å²) in [6.45, 7) is 0. The lowest BCUT2D eigenvalue weighted by atomic mass is 10.0. The van der Waals surface area contributed by atoms with E-state index in [-0.39, 0.29) is 0 Å². The fourth-order valence-electron chi connectivity index (χ4n) is 2.58. The number of aromatic amines is 1. The molecule has 2 heterocycles. The Morgan fingerprint density at radius 3 is 2.61 bits per heavy atom. The zero-order valence-corrected chi connectivity index (χ0v) is 9.64. The van der Waals surface area contributed by atoms with Crippen LogP contribution in [0.1, 0.15) is 0 Å². The molecule has 0 spiro atoms. The highest BCUT2D eigenvalue weighted by atomic mass is 14.9. The zero-order valence-electron chi connectivity index (χ0n) is 9.64. The first-order valence-electron chi connectivity index (χ1n) is 5.88. The third kappa shape index (κ3) is 1.10. The third-order valence-electron chi connectivity index (χ3n) is 3.43. The average Bonchev–Trinajstić information content (AvgIpc) is 2.88. The van der Waals surface area contributed by atoms with Gasteiger partial charge in [-0.15, -0.1) is 0 Å². The molecule has 4 rings (SSSR count). The van der Waals surface area contributed by atoms with Crippen molar-refractivity contribution in [2.45, 2.75) is 0 Å². The number of aromatic nitrogens is 2. The Kier molecular flexibility index (Phi) is 1.70. The van der Waals surface area contributed by atoms with Gasteiger partial charge in [-0.2, -0.15) is 0 Å². The summed E-state index contributed by atoms with van der Waals surface area (Å²) in [5.41, 5.74) is 8.08. The minimum Gasteiger partial charge on any atom is -0.385 e. The highest BCUT2D eigenvalue weighted by Gasteiger charge is 2.08. The summed E-state index contributed by atoms with van der Waals surface area (Å²) in [5.74, 6) is 0.689. The van der Waals surface area contributed by atoms with Crippen molar-refractivity contribution < 1.29 is 0 Å². The SMILES string of the molecule is Nc1[nH]c2c(ccc3ccnc32)c2ccccc12. The Bertz CT molecular complexity index is 890. The number of nitrogens with one attached hydrogen (secondary N) is 1. The number of pyridine rings is 1. The first-order chi connectivity index (χ1) is 8.84. The quantitative estimate of drug-likeness (QED) is 0.457. The Morgan fingerprint density at radius 2 is 1.72 bits per heavy atom. The van der Waals surface area contributed by atoms with Crippen molar-refractivity contribution in [3.05, 3.63) is 48.7 Å². The van der Waals surface area contributed by atoms with E-state index in [4.69, 9.17) is 5.73 Å². The lowest BCUT2D eigenvalue weighted by Gasteiger charge is -2.08. The summed E-state index contributed by atoms with van der Waals surface area (Å²) in [6, 6.07) is 14.4. The molecule has 3 nitrogen and oxygen atoms in total. The Hall–Kier alpha value is -2.55. The zero-order chi connectivity index (χ0) is 12.1. The number of hydrogen-bond donors (Lipinski definition) is 2. The van der Waals surface area contributed by atoms with Gasteiger partial charge in [0, 0.05) is 22.4 Å². The smallest absolute Gasteiger partial charge is 0.109 e. The topological polar surface area (TPSA) is 54.7 Å². The Morgan fingerprint density at radius 1 is 0.889 bits per heavy atom. The molecule has 18 heavy (non-hydrogen) atoms. The molecule has 0 aliphatic rings. The summed E-state index contributed by atoms with van der Waals surface area (Å²) in [4.78, 5) is 7.69. The molecule has 86 valence electrons. The summed E-state index contributed by atoms with van der Waals surface area (Å²) < 4.78 is 0. The molecular weight excluding hydrogens is 222 g/mol. The number of nitrogen functional groups attached to an aromatic ring is 1. The van der Waals surface area contributed by atoms with Gasteiger partial charge < -0.3 is 10.7 Å². The highest BCUT2D eigenvalue weighted by molar-refractivity contribution is 6.16. The molecule has 2 aromatic carbocycles. The van der Waals surface area contributed by atoms with E-state index in [1.165, 1.54) is 0 Å². The lowest BCUT2D eigenvalue weighted by molar-refractivity contribution is 1.42. The monoisotopic (exact) mass is 233 g/mol. The minimum absolute atomic E-state index is 0.689. The van der Waals surface area contributed by atoms with Crippen LogP contribution >= 0.6 is 0 Å². The van der Waals surface area contributed by atoms with E-state index in [1.807, 2.05) is 30.5 Å². The van der Waals surface area contributed by atoms with Gasteiger partial charge in [-0.05, 0) is 11.5 Å². The number of fused-ring (bicyclic) bond motifs is 5. The number of benzene rings is 2. The van der Waals surface area contributed by atoms with E-state index in [1.54, 1.807) is 0 Å². The molecule has 2 aromatic heterocycles. The molecule has 0 aliphatic heterocycles. The van der Waals surface area contributed by atoms with Crippen molar-refractivity contribution in [3.8, 4) is 0 Å². The number of anilines is 1. The van der Waals surface area contributed by atoms with Gasteiger partial charge in [0.05, 0.1) is 11.0 Å². The molecule has 0 aliphatic carbocycles. The van der Waals surface area contributed by atoms with Crippen LogP contribution in [0.15, 0.2) is 48.7 Å². The third-order valence-corrected chi connectivity index (χ3v) is 3.43. The van der Waals surface area contributed by atoms with Crippen LogP contribution in [0.4, 0.5) is 5.82 Å². The molecule has 4 aromatic rings. The number of H-pyrrole nitrogens is 1. The molecule has 3 N–H and O–H groups in total. The largest absolute Gasteiger partial charge is 0.385 e. The fourth-order valence-corrected chi connectivity index (χ4v) is 2.58. The Balaban J connectivity index is 2.36. The molecule has 0 fully saturated rings. The summed E-state index contributed by atoms with van der Waals surface area (Å²) in [5, 5.41) is 4.50. The predicted molar refractivity (Wildman–Crippen MR) is 75.5 cm³/mol. The number of nitrogens with two attached hydrogens (primary N) is 1. The standard InChI is InChI=1S/C15H11N3/c16-15-12-4-2-1-3-10(12)11-6-5-9-7-8-17-13(9)14(11)18-15/h1-8,18H,16H2. The van der Waals surface area contributed by atoms with Gasteiger partial charge in [0.2, 0.25) is 0 Å². The van der Waals surface area contributed by atoms with Crippen molar-refractivity contribution in [2.24, 2.45) is 0 Å². The molecule has 0 atom stereocenters. The van der Waals surface area contributed by atoms with Gasteiger partial charge >= 0.3 is 0 Å². The second-order valence-corrected chi connectivity index (χ2v) is 4.46. The Labute approximate surface area is 103 Å². The second-order valence-electron chi connectivity index (χ2n) is 4.46. The number of rotatable bonds is 0. The molecule has 0 radical (unpaired) electrons. The van der Waals surface area contributed by atoms with Gasteiger partial charge in [-0.25, -0.2) is 0 Å². The summed E-state index contributed by atoms with van der Waals surface area (Å²) in [6.07, 6.45) is 1.82. The molecular formula is C15H11N3. The van der Waals surface area contributed by atoms with E-state index < -0.39 is 0 Å². The van der Waals surface area contributed by atoms with E-state index in [0.29, 0.717) is 5.82 Å². The second kappa shape index (κ2) is 3.23. The van der Waals surface area contributed by atoms with E-state index >= 15 is 0 Å². The van der Waals surface area contributed by atoms with Gasteiger partial charge in [0.15, 0.2) is 0 Å². The predicted octanol–water partition coefficient (Wildman–Crippen LogP) is 3.45. The molecule has 0 bridgehead atoms. The van der Waals surface area contributed by atoms with E-state index in [0.717, 1.165) is 32.6 Å². The van der Waals surface area contributed by atoms with E-state index in [2.05, 4.69) is 28.2 Å². The maximum atomic E-state index is 6.10. The van der Waals surface area contributed by atoms with Crippen LogP contribution < -0.4 is 5.73 Å². The highest BCUT2D eigenvalue weighted by Crippen LogP contribution is 2.31. The van der Waals surface area contributed by atoms with Crippen molar-refractivity contribution in [1.82, 2.24) is 9.97 Å². The van der Waals surface area contributed by atoms with Crippen molar-refractivity contribution >= 4 is 38.4 Å². The maximum Gasteiger partial charge on any atom is 0.109 e. The molecule has 0 amide bonds. The van der Waals surface area contributed by atoms with Crippen LogP contribution in [0, 0.1) is 0 Å².